The van der Waals surface area contributed by atoms with Crippen molar-refractivity contribution in [2.24, 2.45) is 0 Å². The summed E-state index contributed by atoms with van der Waals surface area (Å²) < 4.78 is 68.8. The van der Waals surface area contributed by atoms with E-state index in [0.717, 1.165) is 5.56 Å². The van der Waals surface area contributed by atoms with Crippen LogP contribution in [0.25, 0.3) is 12.2 Å². The van der Waals surface area contributed by atoms with Crippen LogP contribution in [-0.4, -0.2) is 18.6 Å². The van der Waals surface area contributed by atoms with Gasteiger partial charge in [0.25, 0.3) is 10.0 Å². The van der Waals surface area contributed by atoms with Gasteiger partial charge in [-0.1, -0.05) is 41.1 Å². The molecule has 0 spiro atoms. The zero-order valence-electron chi connectivity index (χ0n) is 14.4. The number of aryl methyl sites for hydroxylation is 1. The Morgan fingerprint density at radius 2 is 1.79 bits per heavy atom. The van der Waals surface area contributed by atoms with Crippen molar-refractivity contribution in [1.29, 1.82) is 0 Å². The van der Waals surface area contributed by atoms with Gasteiger partial charge in [0.05, 0.1) is 4.90 Å². The molecule has 1 aromatic heterocycles. The van der Waals surface area contributed by atoms with E-state index in [1.165, 1.54) is 30.4 Å². The lowest BCUT2D eigenvalue weighted by Gasteiger charge is -2.09. The fourth-order valence-corrected chi connectivity index (χ4v) is 3.28. The summed E-state index contributed by atoms with van der Waals surface area (Å²) in [7, 11) is -3.77. The number of halogens is 3. The highest BCUT2D eigenvalue weighted by atomic mass is 32.2. The average molecular weight is 409 g/mol. The van der Waals surface area contributed by atoms with Crippen LogP contribution in [0.15, 0.2) is 57.9 Å². The van der Waals surface area contributed by atoms with E-state index in [1.807, 2.05) is 6.92 Å². The Morgan fingerprint density at radius 1 is 1.07 bits per heavy atom. The monoisotopic (exact) mass is 409 g/mol. The number of rotatable bonds is 5. The maximum Gasteiger partial charge on any atom is 0.471 e. The first-order valence-electron chi connectivity index (χ1n) is 7.92. The molecule has 3 aromatic rings. The Kier molecular flexibility index (Phi) is 5.23. The molecule has 0 amide bonds. The summed E-state index contributed by atoms with van der Waals surface area (Å²) in [4.78, 5) is 3.34. The number of hydrogen-bond donors (Lipinski definition) is 1. The number of nitrogens with zero attached hydrogens (tertiary/aromatic N) is 2. The van der Waals surface area contributed by atoms with Crippen LogP contribution in [0.2, 0.25) is 0 Å². The first kappa shape index (κ1) is 19.6. The third-order valence-corrected chi connectivity index (χ3v) is 4.98. The molecule has 0 fully saturated rings. The summed E-state index contributed by atoms with van der Waals surface area (Å²) in [5.74, 6) is -1.69. The second-order valence-electron chi connectivity index (χ2n) is 5.83. The molecule has 28 heavy (non-hydrogen) atoms. The Morgan fingerprint density at radius 3 is 2.43 bits per heavy atom. The third kappa shape index (κ3) is 4.77. The molecule has 0 saturated heterocycles. The van der Waals surface area contributed by atoms with Gasteiger partial charge in [-0.3, -0.25) is 4.72 Å². The molecule has 6 nitrogen and oxygen atoms in total. The van der Waals surface area contributed by atoms with Crippen molar-refractivity contribution in [3.8, 4) is 0 Å². The van der Waals surface area contributed by atoms with Gasteiger partial charge < -0.3 is 4.52 Å². The highest BCUT2D eigenvalue weighted by Crippen LogP contribution is 2.27. The summed E-state index contributed by atoms with van der Waals surface area (Å²) in [6, 6.07) is 12.7. The van der Waals surface area contributed by atoms with E-state index in [2.05, 4.69) is 19.4 Å². The van der Waals surface area contributed by atoms with Crippen molar-refractivity contribution in [3.63, 3.8) is 0 Å². The molecule has 2 aromatic carbocycles. The van der Waals surface area contributed by atoms with Crippen LogP contribution < -0.4 is 4.72 Å². The molecule has 0 aliphatic rings. The molecule has 146 valence electrons. The fraction of sp³-hybridized carbons (Fsp3) is 0.111. The van der Waals surface area contributed by atoms with E-state index in [0.29, 0.717) is 11.3 Å². The Labute approximate surface area is 158 Å². The molecule has 0 unspecified atom stereocenters. The van der Waals surface area contributed by atoms with Gasteiger partial charge in [0.1, 0.15) is 0 Å². The summed E-state index contributed by atoms with van der Waals surface area (Å²) >= 11 is 0. The lowest BCUT2D eigenvalue weighted by Crippen LogP contribution is -2.12. The smallest absolute Gasteiger partial charge is 0.329 e. The maximum absolute atomic E-state index is 12.5. The predicted octanol–water partition coefficient (Wildman–Crippen LogP) is 4.37. The second kappa shape index (κ2) is 7.47. The number of sulfonamides is 1. The minimum absolute atomic E-state index is 0.116. The van der Waals surface area contributed by atoms with Crippen LogP contribution in [-0.2, 0) is 16.2 Å². The molecule has 10 heteroatoms. The standard InChI is InChI=1S/C18H14F3N3O3S/c1-12-5-8-15(9-6-12)28(25,26)24-14-4-2-3-13(11-14)7-10-16-22-17(27-23-16)18(19,20)21/h2-11,24H,1H3/b10-7+. The summed E-state index contributed by atoms with van der Waals surface area (Å²) in [5.41, 5.74) is 1.76. The average Bonchev–Trinajstić information content (AvgIpc) is 3.10. The van der Waals surface area contributed by atoms with E-state index < -0.39 is 22.1 Å². The van der Waals surface area contributed by atoms with Crippen molar-refractivity contribution in [2.75, 3.05) is 4.72 Å². The van der Waals surface area contributed by atoms with Gasteiger partial charge in [-0.05, 0) is 42.8 Å². The van der Waals surface area contributed by atoms with Gasteiger partial charge in [0.15, 0.2) is 5.82 Å². The molecule has 0 aliphatic heterocycles. The first-order chi connectivity index (χ1) is 13.1. The van der Waals surface area contributed by atoms with Crippen molar-refractivity contribution >= 4 is 27.9 Å². The molecule has 0 atom stereocenters. The quantitative estimate of drug-likeness (QED) is 0.677. The SMILES string of the molecule is Cc1ccc(S(=O)(=O)Nc2cccc(/C=C/c3noc(C(F)(F)F)n3)c2)cc1. The van der Waals surface area contributed by atoms with E-state index >= 15 is 0 Å². The van der Waals surface area contributed by atoms with Gasteiger partial charge in [0, 0.05) is 5.69 Å². The molecule has 1 heterocycles. The summed E-state index contributed by atoms with van der Waals surface area (Å²) in [6.07, 6.45) is -2.05. The molecule has 0 aliphatic carbocycles. The maximum atomic E-state index is 12.5. The Hall–Kier alpha value is -3.14. The molecular weight excluding hydrogens is 395 g/mol. The van der Waals surface area contributed by atoms with E-state index in [4.69, 9.17) is 0 Å². The molecule has 3 rings (SSSR count). The molecule has 0 saturated carbocycles. The van der Waals surface area contributed by atoms with Crippen molar-refractivity contribution in [2.45, 2.75) is 18.0 Å². The third-order valence-electron chi connectivity index (χ3n) is 3.58. The molecule has 1 N–H and O–H groups in total. The number of hydrogen-bond acceptors (Lipinski definition) is 5. The zero-order valence-corrected chi connectivity index (χ0v) is 15.3. The van der Waals surface area contributed by atoms with Gasteiger partial charge in [-0.2, -0.15) is 18.2 Å². The highest BCUT2D eigenvalue weighted by Gasteiger charge is 2.38. The Balaban J connectivity index is 1.77. The zero-order chi connectivity index (χ0) is 20.4. The summed E-state index contributed by atoms with van der Waals surface area (Å²) in [6.45, 7) is 1.85. The Bertz CT molecular complexity index is 1100. The number of aromatic nitrogens is 2. The topological polar surface area (TPSA) is 85.1 Å². The van der Waals surface area contributed by atoms with Crippen LogP contribution in [0.1, 0.15) is 22.8 Å². The number of anilines is 1. The highest BCUT2D eigenvalue weighted by molar-refractivity contribution is 7.92. The molecule has 0 radical (unpaired) electrons. The van der Waals surface area contributed by atoms with Crippen LogP contribution in [0.3, 0.4) is 0 Å². The number of nitrogens with one attached hydrogen (secondary N) is 1. The van der Waals surface area contributed by atoms with Gasteiger partial charge in [-0.25, -0.2) is 8.42 Å². The largest absolute Gasteiger partial charge is 0.471 e. The van der Waals surface area contributed by atoms with Gasteiger partial charge in [-0.15, -0.1) is 0 Å². The van der Waals surface area contributed by atoms with E-state index in [1.54, 1.807) is 30.3 Å². The van der Waals surface area contributed by atoms with Crippen molar-refractivity contribution in [1.82, 2.24) is 10.1 Å². The normalized spacial score (nSPS) is 12.4. The number of alkyl halides is 3. The van der Waals surface area contributed by atoms with Gasteiger partial charge in [0.2, 0.25) is 0 Å². The first-order valence-corrected chi connectivity index (χ1v) is 9.40. The van der Waals surface area contributed by atoms with Crippen molar-refractivity contribution < 1.29 is 26.1 Å². The fourth-order valence-electron chi connectivity index (χ4n) is 2.23. The molecular formula is C18H14F3N3O3S. The van der Waals surface area contributed by atoms with Crippen LogP contribution >= 0.6 is 0 Å². The second-order valence-corrected chi connectivity index (χ2v) is 7.52. The predicted molar refractivity (Wildman–Crippen MR) is 96.7 cm³/mol. The molecule has 0 bridgehead atoms. The van der Waals surface area contributed by atoms with Crippen LogP contribution in [0.4, 0.5) is 18.9 Å². The van der Waals surface area contributed by atoms with E-state index in [9.17, 15) is 21.6 Å². The summed E-state index contributed by atoms with van der Waals surface area (Å²) in [5, 5.41) is 3.22. The lowest BCUT2D eigenvalue weighted by atomic mass is 10.2. The van der Waals surface area contributed by atoms with Crippen LogP contribution in [0.5, 0.6) is 0 Å². The minimum Gasteiger partial charge on any atom is -0.329 e. The van der Waals surface area contributed by atoms with E-state index in [-0.39, 0.29) is 10.7 Å². The minimum atomic E-state index is -4.72. The number of benzene rings is 2. The lowest BCUT2D eigenvalue weighted by molar-refractivity contribution is -0.159. The van der Waals surface area contributed by atoms with Gasteiger partial charge >= 0.3 is 12.1 Å². The van der Waals surface area contributed by atoms with Crippen LogP contribution in [0, 0.1) is 6.92 Å². The van der Waals surface area contributed by atoms with Crippen molar-refractivity contribution in [3.05, 3.63) is 71.4 Å².